The molecular weight excluding hydrogens is 214 g/mol. The van der Waals surface area contributed by atoms with Crippen LogP contribution in [-0.2, 0) is 17.9 Å². The minimum atomic E-state index is 0.169. The Morgan fingerprint density at radius 3 is 3.00 bits per heavy atom. The first kappa shape index (κ1) is 10.6. The Morgan fingerprint density at radius 2 is 2.24 bits per heavy atom. The third-order valence-corrected chi connectivity index (χ3v) is 3.58. The van der Waals surface area contributed by atoms with Crippen molar-refractivity contribution in [1.29, 1.82) is 0 Å². The summed E-state index contributed by atoms with van der Waals surface area (Å²) in [7, 11) is 0. The summed E-state index contributed by atoms with van der Waals surface area (Å²) in [4.78, 5) is 13.0. The largest absolute Gasteiger partial charge is 0.378 e. The van der Waals surface area contributed by atoms with E-state index < -0.39 is 0 Å². The zero-order valence-corrected chi connectivity index (χ0v) is 9.99. The van der Waals surface area contributed by atoms with Gasteiger partial charge in [0.15, 0.2) is 0 Å². The first-order chi connectivity index (χ1) is 8.24. The fourth-order valence-electron chi connectivity index (χ4n) is 2.51. The third kappa shape index (κ3) is 1.89. The molecule has 1 amide bonds. The molecule has 4 nitrogen and oxygen atoms in total. The van der Waals surface area contributed by atoms with Gasteiger partial charge in [0.2, 0.25) is 5.91 Å². The van der Waals surface area contributed by atoms with Crippen molar-refractivity contribution < 1.29 is 4.79 Å². The lowest BCUT2D eigenvalue weighted by Crippen LogP contribution is -2.56. The first-order valence-electron chi connectivity index (χ1n) is 6.07. The highest BCUT2D eigenvalue weighted by Gasteiger charge is 2.29. The lowest BCUT2D eigenvalue weighted by atomic mass is 10.0. The molecule has 0 aliphatic carbocycles. The van der Waals surface area contributed by atoms with Gasteiger partial charge in [-0.1, -0.05) is 12.1 Å². The third-order valence-electron chi connectivity index (χ3n) is 3.58. The van der Waals surface area contributed by atoms with Gasteiger partial charge < -0.3 is 15.5 Å². The van der Waals surface area contributed by atoms with Crippen LogP contribution >= 0.6 is 0 Å². The van der Waals surface area contributed by atoms with Gasteiger partial charge in [-0.25, -0.2) is 0 Å². The van der Waals surface area contributed by atoms with E-state index in [0.717, 1.165) is 26.2 Å². The maximum atomic E-state index is 11.1. The van der Waals surface area contributed by atoms with Gasteiger partial charge in [0, 0.05) is 38.8 Å². The predicted molar refractivity (Wildman–Crippen MR) is 66.7 cm³/mol. The van der Waals surface area contributed by atoms with Gasteiger partial charge in [-0.15, -0.1) is 0 Å². The van der Waals surface area contributed by atoms with Gasteiger partial charge in [-0.2, -0.15) is 0 Å². The lowest BCUT2D eigenvalue weighted by Gasteiger charge is -2.39. The summed E-state index contributed by atoms with van der Waals surface area (Å²) in [5.74, 6) is 0.169. The van der Waals surface area contributed by atoms with Gasteiger partial charge in [-0.05, 0) is 17.2 Å². The van der Waals surface area contributed by atoms with Crippen molar-refractivity contribution in [2.24, 2.45) is 0 Å². The quantitative estimate of drug-likeness (QED) is 0.796. The van der Waals surface area contributed by atoms with Gasteiger partial charge in [0.1, 0.15) is 0 Å². The molecule has 0 radical (unpaired) electrons. The Labute approximate surface area is 101 Å². The molecule has 2 aliphatic rings. The average molecular weight is 231 g/mol. The van der Waals surface area contributed by atoms with Crippen molar-refractivity contribution in [3.8, 4) is 0 Å². The van der Waals surface area contributed by atoms with E-state index in [1.54, 1.807) is 6.92 Å². The molecule has 2 N–H and O–H groups in total. The second-order valence-electron chi connectivity index (χ2n) is 4.81. The lowest BCUT2D eigenvalue weighted by molar-refractivity contribution is -0.132. The molecular formula is C13H17N3O. The fraction of sp³-hybridized carbons (Fsp3) is 0.462. The van der Waals surface area contributed by atoms with E-state index in [0.29, 0.717) is 6.04 Å². The Hall–Kier alpha value is -1.55. The van der Waals surface area contributed by atoms with Crippen LogP contribution in [0, 0.1) is 0 Å². The smallest absolute Gasteiger partial charge is 0.219 e. The molecule has 1 aromatic rings. The van der Waals surface area contributed by atoms with Crippen LogP contribution in [-0.4, -0.2) is 29.9 Å². The Morgan fingerprint density at radius 1 is 1.41 bits per heavy atom. The maximum Gasteiger partial charge on any atom is 0.219 e. The number of hydrogen-bond acceptors (Lipinski definition) is 3. The van der Waals surface area contributed by atoms with Gasteiger partial charge in [0.05, 0.1) is 6.04 Å². The maximum absolute atomic E-state index is 11.1. The molecule has 0 aromatic heterocycles. The highest BCUT2D eigenvalue weighted by atomic mass is 16.2. The summed E-state index contributed by atoms with van der Waals surface area (Å²) in [6.07, 6.45) is 0. The van der Waals surface area contributed by atoms with E-state index >= 15 is 0 Å². The number of nitrogens with one attached hydrogen (secondary N) is 2. The minimum Gasteiger partial charge on any atom is -0.378 e. The summed E-state index contributed by atoms with van der Waals surface area (Å²) in [6, 6.07) is 6.80. The number of carbonyl (C=O) groups excluding carboxylic acids is 1. The molecule has 90 valence electrons. The number of likely N-dealkylation sites (tertiary alicyclic amines) is 1. The molecule has 0 spiro atoms. The molecule has 1 saturated heterocycles. The number of anilines is 1. The molecule has 0 unspecified atom stereocenters. The topological polar surface area (TPSA) is 44.4 Å². The molecule has 0 atom stereocenters. The highest BCUT2D eigenvalue weighted by molar-refractivity contribution is 5.74. The molecule has 1 aromatic carbocycles. The molecule has 3 rings (SSSR count). The van der Waals surface area contributed by atoms with E-state index in [1.807, 2.05) is 4.90 Å². The van der Waals surface area contributed by atoms with E-state index in [2.05, 4.69) is 28.8 Å². The summed E-state index contributed by atoms with van der Waals surface area (Å²) in [5, 5.41) is 6.89. The van der Waals surface area contributed by atoms with Gasteiger partial charge in [0.25, 0.3) is 0 Å². The first-order valence-corrected chi connectivity index (χ1v) is 6.07. The van der Waals surface area contributed by atoms with Crippen LogP contribution in [0.4, 0.5) is 5.69 Å². The van der Waals surface area contributed by atoms with Crippen LogP contribution in [0.1, 0.15) is 18.1 Å². The van der Waals surface area contributed by atoms with Crippen molar-refractivity contribution in [2.75, 3.05) is 18.4 Å². The van der Waals surface area contributed by atoms with E-state index in [1.165, 1.54) is 16.8 Å². The number of rotatable bonds is 2. The summed E-state index contributed by atoms with van der Waals surface area (Å²) in [6.45, 7) is 5.19. The number of carbonyl (C=O) groups is 1. The Kier molecular flexibility index (Phi) is 2.52. The fourth-order valence-corrected chi connectivity index (χ4v) is 2.51. The monoisotopic (exact) mass is 231 g/mol. The summed E-state index contributed by atoms with van der Waals surface area (Å²) >= 11 is 0. The molecule has 17 heavy (non-hydrogen) atoms. The van der Waals surface area contributed by atoms with Crippen LogP contribution in [0.25, 0.3) is 0 Å². The summed E-state index contributed by atoms with van der Waals surface area (Å²) in [5.41, 5.74) is 3.99. The van der Waals surface area contributed by atoms with Crippen molar-refractivity contribution in [3.63, 3.8) is 0 Å². The van der Waals surface area contributed by atoms with Crippen molar-refractivity contribution in [2.45, 2.75) is 26.1 Å². The number of nitrogens with zero attached hydrogens (tertiary/aromatic N) is 1. The average Bonchev–Trinajstić information content (AvgIpc) is 2.70. The van der Waals surface area contributed by atoms with E-state index in [-0.39, 0.29) is 5.91 Å². The van der Waals surface area contributed by atoms with Gasteiger partial charge >= 0.3 is 0 Å². The van der Waals surface area contributed by atoms with Crippen molar-refractivity contribution in [3.05, 3.63) is 29.3 Å². The molecule has 2 aliphatic heterocycles. The molecule has 4 heteroatoms. The standard InChI is InChI=1S/C13H17N3O/c1-9(17)16-7-11(8-16)15-13-4-2-3-10-5-14-6-12(10)13/h2-4,11,14-15H,5-8H2,1H3. The normalized spacial score (nSPS) is 18.8. The Bertz CT molecular complexity index is 452. The molecule has 0 bridgehead atoms. The van der Waals surface area contributed by atoms with Crippen LogP contribution in [0.2, 0.25) is 0 Å². The number of hydrogen-bond donors (Lipinski definition) is 2. The number of amides is 1. The second kappa shape index (κ2) is 4.04. The number of fused-ring (bicyclic) bond motifs is 1. The SMILES string of the molecule is CC(=O)N1CC(Nc2cccc3c2CNC3)C1. The molecule has 1 fully saturated rings. The van der Waals surface area contributed by atoms with E-state index in [4.69, 9.17) is 0 Å². The zero-order valence-electron chi connectivity index (χ0n) is 9.99. The van der Waals surface area contributed by atoms with Crippen LogP contribution in [0.15, 0.2) is 18.2 Å². The van der Waals surface area contributed by atoms with E-state index in [9.17, 15) is 4.79 Å². The molecule has 0 saturated carbocycles. The predicted octanol–water partition coefficient (Wildman–Crippen LogP) is 0.932. The Balaban J connectivity index is 1.67. The van der Waals surface area contributed by atoms with Crippen LogP contribution < -0.4 is 10.6 Å². The second-order valence-corrected chi connectivity index (χ2v) is 4.81. The zero-order chi connectivity index (χ0) is 11.8. The van der Waals surface area contributed by atoms with Crippen LogP contribution in [0.3, 0.4) is 0 Å². The highest BCUT2D eigenvalue weighted by Crippen LogP contribution is 2.26. The van der Waals surface area contributed by atoms with Gasteiger partial charge in [-0.3, -0.25) is 4.79 Å². The minimum absolute atomic E-state index is 0.169. The molecule has 2 heterocycles. The van der Waals surface area contributed by atoms with Crippen LogP contribution in [0.5, 0.6) is 0 Å². The summed E-state index contributed by atoms with van der Waals surface area (Å²) < 4.78 is 0. The van der Waals surface area contributed by atoms with Crippen molar-refractivity contribution in [1.82, 2.24) is 10.2 Å². The number of benzene rings is 1. The van der Waals surface area contributed by atoms with Crippen molar-refractivity contribution >= 4 is 11.6 Å².